The summed E-state index contributed by atoms with van der Waals surface area (Å²) >= 11 is 1.64. The molecule has 3 rings (SSSR count). The Morgan fingerprint density at radius 2 is 2.04 bits per heavy atom. The molecule has 0 aliphatic rings. The Bertz CT molecular complexity index is 836. The maximum atomic E-state index is 14.0. The van der Waals surface area contributed by atoms with Crippen molar-refractivity contribution in [2.75, 3.05) is 5.32 Å². The molecule has 1 aromatic carbocycles. The van der Waals surface area contributed by atoms with Crippen LogP contribution in [0.25, 0.3) is 10.2 Å². The molecule has 6 heteroatoms. The van der Waals surface area contributed by atoms with Gasteiger partial charge in [-0.1, -0.05) is 32.0 Å². The van der Waals surface area contributed by atoms with E-state index >= 15 is 0 Å². The smallest absolute Gasteiger partial charge is 0.138 e. The van der Waals surface area contributed by atoms with Gasteiger partial charge in [0.1, 0.15) is 28.9 Å². The van der Waals surface area contributed by atoms with Crippen molar-refractivity contribution in [1.29, 1.82) is 0 Å². The van der Waals surface area contributed by atoms with E-state index in [9.17, 15) is 9.50 Å². The van der Waals surface area contributed by atoms with Gasteiger partial charge in [-0.3, -0.25) is 0 Å². The van der Waals surface area contributed by atoms with Crippen molar-refractivity contribution in [1.82, 2.24) is 9.97 Å². The van der Waals surface area contributed by atoms with Crippen LogP contribution in [-0.4, -0.2) is 21.1 Å². The van der Waals surface area contributed by atoms with Crippen LogP contribution < -0.4 is 5.32 Å². The highest BCUT2D eigenvalue weighted by Crippen LogP contribution is 2.31. The number of hydrogen-bond donors (Lipinski definition) is 2. The van der Waals surface area contributed by atoms with Crippen molar-refractivity contribution >= 4 is 27.4 Å². The van der Waals surface area contributed by atoms with E-state index in [1.165, 1.54) is 17.3 Å². The molecule has 0 bridgehead atoms. The zero-order valence-electron chi connectivity index (χ0n) is 13.7. The van der Waals surface area contributed by atoms with E-state index in [4.69, 9.17) is 0 Å². The van der Waals surface area contributed by atoms with Crippen LogP contribution in [0, 0.1) is 5.82 Å². The Morgan fingerprint density at radius 3 is 2.75 bits per heavy atom. The number of rotatable bonds is 6. The molecule has 2 heterocycles. The summed E-state index contributed by atoms with van der Waals surface area (Å²) in [5, 5.41) is 14.8. The molecule has 0 radical (unpaired) electrons. The minimum Gasteiger partial charge on any atom is -0.386 e. The molecule has 0 amide bonds. The SMILES string of the molecule is CCc1cc2c(N[C@@H](CC)[C@@H](O)c3ccccc3F)ncnc2s1. The van der Waals surface area contributed by atoms with E-state index in [1.807, 2.05) is 6.92 Å². The number of fused-ring (bicyclic) bond motifs is 1. The number of nitrogens with zero attached hydrogens (tertiary/aromatic N) is 2. The zero-order valence-corrected chi connectivity index (χ0v) is 14.5. The van der Waals surface area contributed by atoms with Gasteiger partial charge in [0.25, 0.3) is 0 Å². The van der Waals surface area contributed by atoms with Gasteiger partial charge in [0.05, 0.1) is 11.4 Å². The second-order valence-corrected chi connectivity index (χ2v) is 6.75. The molecule has 2 N–H and O–H groups in total. The van der Waals surface area contributed by atoms with Gasteiger partial charge >= 0.3 is 0 Å². The Kier molecular flexibility index (Phi) is 5.06. The summed E-state index contributed by atoms with van der Waals surface area (Å²) in [5.74, 6) is 0.278. The van der Waals surface area contributed by atoms with Crippen molar-refractivity contribution in [2.24, 2.45) is 0 Å². The first-order valence-corrected chi connectivity index (χ1v) is 8.88. The highest BCUT2D eigenvalue weighted by Gasteiger charge is 2.23. The highest BCUT2D eigenvalue weighted by molar-refractivity contribution is 7.18. The second kappa shape index (κ2) is 7.23. The summed E-state index contributed by atoms with van der Waals surface area (Å²) in [6.07, 6.45) is 2.13. The molecule has 2 aromatic heterocycles. The van der Waals surface area contributed by atoms with Crippen molar-refractivity contribution in [3.05, 3.63) is 52.9 Å². The fraction of sp³-hybridized carbons (Fsp3) is 0.333. The van der Waals surface area contributed by atoms with E-state index < -0.39 is 11.9 Å². The topological polar surface area (TPSA) is 58.0 Å². The maximum Gasteiger partial charge on any atom is 0.138 e. The van der Waals surface area contributed by atoms with Gasteiger partial charge in [0, 0.05) is 10.4 Å². The number of benzene rings is 1. The highest BCUT2D eigenvalue weighted by atomic mass is 32.1. The predicted octanol–water partition coefficient (Wildman–Crippen LogP) is 4.32. The van der Waals surface area contributed by atoms with Crippen molar-refractivity contribution in [3.63, 3.8) is 0 Å². The molecule has 0 spiro atoms. The standard InChI is InChI=1S/C18H20FN3OS/c1-3-11-9-13-17(20-10-21-18(13)24-11)22-15(4-2)16(23)12-7-5-6-8-14(12)19/h5-10,15-16,23H,3-4H2,1-2H3,(H,20,21,22)/t15-,16-/m0/s1. The van der Waals surface area contributed by atoms with Gasteiger partial charge in [-0.05, 0) is 25.0 Å². The van der Waals surface area contributed by atoms with E-state index in [2.05, 4.69) is 28.3 Å². The molecular weight excluding hydrogens is 325 g/mol. The maximum absolute atomic E-state index is 14.0. The van der Waals surface area contributed by atoms with E-state index in [0.717, 1.165) is 16.6 Å². The number of thiophene rings is 1. The molecular formula is C18H20FN3OS. The molecule has 0 unspecified atom stereocenters. The Labute approximate surface area is 144 Å². The molecule has 2 atom stereocenters. The first-order valence-electron chi connectivity index (χ1n) is 8.06. The van der Waals surface area contributed by atoms with Crippen LogP contribution in [0.5, 0.6) is 0 Å². The summed E-state index contributed by atoms with van der Waals surface area (Å²) < 4.78 is 14.0. The Hall–Kier alpha value is -2.05. The normalized spacial score (nSPS) is 13.8. The van der Waals surface area contributed by atoms with Gasteiger partial charge in [0.2, 0.25) is 0 Å². The largest absolute Gasteiger partial charge is 0.386 e. The number of anilines is 1. The van der Waals surface area contributed by atoms with Crippen LogP contribution in [0.1, 0.15) is 36.8 Å². The summed E-state index contributed by atoms with van der Waals surface area (Å²) in [7, 11) is 0. The summed E-state index contributed by atoms with van der Waals surface area (Å²) in [6, 6.07) is 8.05. The minimum atomic E-state index is -0.953. The number of hydrogen-bond acceptors (Lipinski definition) is 5. The van der Waals surface area contributed by atoms with E-state index in [1.54, 1.807) is 29.5 Å². The van der Waals surface area contributed by atoms with Gasteiger partial charge < -0.3 is 10.4 Å². The molecule has 126 valence electrons. The number of nitrogens with one attached hydrogen (secondary N) is 1. The average Bonchev–Trinajstić information content (AvgIpc) is 3.03. The van der Waals surface area contributed by atoms with Crippen LogP contribution in [0.15, 0.2) is 36.7 Å². The van der Waals surface area contributed by atoms with Crippen LogP contribution in [0.4, 0.5) is 10.2 Å². The molecule has 0 saturated carbocycles. The number of aliphatic hydroxyl groups excluding tert-OH is 1. The fourth-order valence-electron chi connectivity index (χ4n) is 2.71. The number of aliphatic hydroxyl groups is 1. The first kappa shape index (κ1) is 16.8. The van der Waals surface area contributed by atoms with E-state index in [-0.39, 0.29) is 6.04 Å². The molecule has 0 fully saturated rings. The number of aromatic nitrogens is 2. The lowest BCUT2D eigenvalue weighted by atomic mass is 9.99. The van der Waals surface area contributed by atoms with Crippen LogP contribution in [0.2, 0.25) is 0 Å². The van der Waals surface area contributed by atoms with Crippen molar-refractivity contribution in [3.8, 4) is 0 Å². The van der Waals surface area contributed by atoms with E-state index in [0.29, 0.717) is 17.8 Å². The minimum absolute atomic E-state index is 0.293. The van der Waals surface area contributed by atoms with Crippen LogP contribution in [-0.2, 0) is 6.42 Å². The summed E-state index contributed by atoms with van der Waals surface area (Å²) in [5.41, 5.74) is 0.293. The fourth-order valence-corrected chi connectivity index (χ4v) is 3.64. The molecule has 0 aliphatic heterocycles. The van der Waals surface area contributed by atoms with Gasteiger partial charge in [-0.25, -0.2) is 14.4 Å². The Morgan fingerprint density at radius 1 is 1.25 bits per heavy atom. The van der Waals surface area contributed by atoms with Gasteiger partial charge in [-0.2, -0.15) is 0 Å². The van der Waals surface area contributed by atoms with Gasteiger partial charge in [0.15, 0.2) is 0 Å². The molecule has 4 nitrogen and oxygen atoms in total. The quantitative estimate of drug-likeness (QED) is 0.699. The van der Waals surface area contributed by atoms with Crippen LogP contribution in [0.3, 0.4) is 0 Å². The predicted molar refractivity (Wildman–Crippen MR) is 95.9 cm³/mol. The average molecular weight is 345 g/mol. The molecule has 3 aromatic rings. The zero-order chi connectivity index (χ0) is 17.1. The van der Waals surface area contributed by atoms with Crippen molar-refractivity contribution < 1.29 is 9.50 Å². The molecule has 0 aliphatic carbocycles. The monoisotopic (exact) mass is 345 g/mol. The lowest BCUT2D eigenvalue weighted by molar-refractivity contribution is 0.148. The summed E-state index contributed by atoms with van der Waals surface area (Å²) in [6.45, 7) is 4.05. The first-order chi connectivity index (χ1) is 11.6. The lowest BCUT2D eigenvalue weighted by Crippen LogP contribution is -2.28. The summed E-state index contributed by atoms with van der Waals surface area (Å²) in [4.78, 5) is 10.8. The van der Waals surface area contributed by atoms with Gasteiger partial charge in [-0.15, -0.1) is 11.3 Å². The number of halogens is 1. The molecule has 24 heavy (non-hydrogen) atoms. The van der Waals surface area contributed by atoms with Crippen molar-refractivity contribution in [2.45, 2.75) is 38.8 Å². The third kappa shape index (κ3) is 3.25. The third-order valence-electron chi connectivity index (χ3n) is 4.10. The lowest BCUT2D eigenvalue weighted by Gasteiger charge is -2.24. The number of aryl methyl sites for hydroxylation is 1. The van der Waals surface area contributed by atoms with Crippen LogP contribution >= 0.6 is 11.3 Å². The Balaban J connectivity index is 1.91. The second-order valence-electron chi connectivity index (χ2n) is 5.63. The molecule has 0 saturated heterocycles. The third-order valence-corrected chi connectivity index (χ3v) is 5.28.